The molecule has 1 saturated heterocycles. The topological polar surface area (TPSA) is 29.3 Å². The highest BCUT2D eigenvalue weighted by atomic mass is 19.4. The lowest BCUT2D eigenvalue weighted by molar-refractivity contribution is -0.176. The molecule has 5 heteroatoms. The van der Waals surface area contributed by atoms with Crippen molar-refractivity contribution in [3.8, 4) is 0 Å². The Morgan fingerprint density at radius 1 is 1.29 bits per heavy atom. The fraction of sp³-hybridized carbons (Fsp3) is 1.00. The molecule has 2 nitrogen and oxygen atoms in total. The molecule has 1 heterocycles. The van der Waals surface area contributed by atoms with E-state index in [-0.39, 0.29) is 13.1 Å². The summed E-state index contributed by atoms with van der Waals surface area (Å²) < 4.78 is 37.8. The van der Waals surface area contributed by atoms with E-state index in [0.29, 0.717) is 5.92 Å². The zero-order chi connectivity index (χ0) is 12.9. The lowest BCUT2D eigenvalue weighted by Gasteiger charge is -2.27. The van der Waals surface area contributed by atoms with Crippen LogP contribution >= 0.6 is 0 Å². The van der Waals surface area contributed by atoms with Crippen LogP contribution in [0.4, 0.5) is 13.2 Å². The maximum absolute atomic E-state index is 12.6. The summed E-state index contributed by atoms with van der Waals surface area (Å²) in [5.74, 6) is -0.692. The lowest BCUT2D eigenvalue weighted by atomic mass is 9.98. The summed E-state index contributed by atoms with van der Waals surface area (Å²) in [5, 5.41) is 0. The number of hydrogen-bond donors (Lipinski definition) is 1. The van der Waals surface area contributed by atoms with E-state index in [9.17, 15) is 13.2 Å². The molecular weight excluding hydrogens is 229 g/mol. The van der Waals surface area contributed by atoms with Crippen molar-refractivity contribution >= 4 is 0 Å². The smallest absolute Gasteiger partial charge is 0.330 e. The first-order valence-electron chi connectivity index (χ1n) is 6.46. The van der Waals surface area contributed by atoms with E-state index in [1.54, 1.807) is 0 Å². The van der Waals surface area contributed by atoms with Crippen molar-refractivity contribution in [3.63, 3.8) is 0 Å². The molecule has 2 atom stereocenters. The molecule has 2 unspecified atom stereocenters. The zero-order valence-electron chi connectivity index (χ0n) is 10.5. The fourth-order valence-electron chi connectivity index (χ4n) is 2.44. The third-order valence-corrected chi connectivity index (χ3v) is 3.74. The van der Waals surface area contributed by atoms with Crippen LogP contribution in [0.2, 0.25) is 0 Å². The molecule has 1 aliphatic heterocycles. The van der Waals surface area contributed by atoms with Gasteiger partial charge in [-0.1, -0.05) is 13.3 Å². The molecule has 102 valence electrons. The molecule has 0 radical (unpaired) electrons. The summed E-state index contributed by atoms with van der Waals surface area (Å²) in [6.45, 7) is 3.47. The second-order valence-electron chi connectivity index (χ2n) is 4.98. The fourth-order valence-corrected chi connectivity index (χ4v) is 2.44. The van der Waals surface area contributed by atoms with Crippen LogP contribution in [0.15, 0.2) is 0 Å². The van der Waals surface area contributed by atoms with Gasteiger partial charge in [0, 0.05) is 13.1 Å². The Kier molecular flexibility index (Phi) is 5.73. The van der Waals surface area contributed by atoms with Crippen LogP contribution in [0.25, 0.3) is 0 Å². The van der Waals surface area contributed by atoms with Crippen LogP contribution in [0.1, 0.15) is 32.6 Å². The monoisotopic (exact) mass is 252 g/mol. The Hall–Kier alpha value is -0.290. The Bertz CT molecular complexity index is 218. The van der Waals surface area contributed by atoms with Crippen molar-refractivity contribution < 1.29 is 13.2 Å². The van der Waals surface area contributed by atoms with Gasteiger partial charge in [-0.3, -0.25) is 0 Å². The van der Waals surface area contributed by atoms with Gasteiger partial charge in [-0.15, -0.1) is 0 Å². The van der Waals surface area contributed by atoms with Gasteiger partial charge in [-0.25, -0.2) is 0 Å². The Labute approximate surface area is 101 Å². The lowest BCUT2D eigenvalue weighted by Crippen LogP contribution is -2.41. The molecule has 0 saturated carbocycles. The molecule has 0 spiro atoms. The van der Waals surface area contributed by atoms with Gasteiger partial charge in [0.1, 0.15) is 0 Å². The quantitative estimate of drug-likeness (QED) is 0.833. The maximum atomic E-state index is 12.6. The minimum absolute atomic E-state index is 0.0659. The van der Waals surface area contributed by atoms with Crippen LogP contribution in [0, 0.1) is 11.8 Å². The highest BCUT2D eigenvalue weighted by Gasteiger charge is 2.39. The molecular formula is C12H23F3N2. The third kappa shape index (κ3) is 4.84. The number of alkyl halides is 3. The number of rotatable bonds is 4. The molecule has 0 aromatic rings. The van der Waals surface area contributed by atoms with Crippen LogP contribution in [0.5, 0.6) is 0 Å². The molecule has 2 N–H and O–H groups in total. The highest BCUT2D eigenvalue weighted by molar-refractivity contribution is 4.76. The van der Waals surface area contributed by atoms with Crippen molar-refractivity contribution in [1.82, 2.24) is 4.90 Å². The van der Waals surface area contributed by atoms with Gasteiger partial charge in [0.05, 0.1) is 5.92 Å². The molecule has 0 bridgehead atoms. The average Bonchev–Trinajstić information content (AvgIpc) is 2.49. The van der Waals surface area contributed by atoms with Crippen molar-refractivity contribution in [2.75, 3.05) is 26.2 Å². The summed E-state index contributed by atoms with van der Waals surface area (Å²) in [5.41, 5.74) is 5.22. The molecule has 0 aromatic carbocycles. The summed E-state index contributed by atoms with van der Waals surface area (Å²) in [7, 11) is 0. The van der Waals surface area contributed by atoms with E-state index in [2.05, 4.69) is 6.92 Å². The Morgan fingerprint density at radius 2 is 2.00 bits per heavy atom. The number of likely N-dealkylation sites (tertiary alicyclic amines) is 1. The van der Waals surface area contributed by atoms with E-state index in [4.69, 9.17) is 5.73 Å². The first kappa shape index (κ1) is 14.8. The van der Waals surface area contributed by atoms with Crippen LogP contribution < -0.4 is 5.73 Å². The van der Waals surface area contributed by atoms with Crippen molar-refractivity contribution in [2.24, 2.45) is 17.6 Å². The molecule has 1 rings (SSSR count). The number of halogens is 3. The van der Waals surface area contributed by atoms with Crippen LogP contribution in [0.3, 0.4) is 0 Å². The Morgan fingerprint density at radius 3 is 2.53 bits per heavy atom. The minimum atomic E-state index is -4.16. The van der Waals surface area contributed by atoms with Gasteiger partial charge in [-0.2, -0.15) is 13.2 Å². The number of hydrogen-bond acceptors (Lipinski definition) is 2. The molecule has 0 aromatic heterocycles. The van der Waals surface area contributed by atoms with Crippen molar-refractivity contribution in [1.29, 1.82) is 0 Å². The van der Waals surface area contributed by atoms with Crippen molar-refractivity contribution in [3.05, 3.63) is 0 Å². The first-order valence-corrected chi connectivity index (χ1v) is 6.46. The van der Waals surface area contributed by atoms with Gasteiger partial charge in [0.15, 0.2) is 0 Å². The minimum Gasteiger partial charge on any atom is -0.330 e. The SMILES string of the molecule is CCC1CCCN(CC(CN)C(F)(F)F)CC1. The number of nitrogens with two attached hydrogens (primary N) is 1. The second-order valence-corrected chi connectivity index (χ2v) is 4.98. The molecule has 0 amide bonds. The largest absolute Gasteiger partial charge is 0.394 e. The van der Waals surface area contributed by atoms with Crippen LogP contribution in [-0.4, -0.2) is 37.3 Å². The highest BCUT2D eigenvalue weighted by Crippen LogP contribution is 2.27. The summed E-state index contributed by atoms with van der Waals surface area (Å²) in [4.78, 5) is 1.93. The third-order valence-electron chi connectivity index (χ3n) is 3.74. The van der Waals surface area contributed by atoms with E-state index in [1.165, 1.54) is 0 Å². The van der Waals surface area contributed by atoms with Gasteiger partial charge < -0.3 is 10.6 Å². The predicted octanol–water partition coefficient (Wildman–Crippen LogP) is 2.64. The normalized spacial score (nSPS) is 25.6. The van der Waals surface area contributed by atoms with E-state index in [1.807, 2.05) is 4.90 Å². The summed E-state index contributed by atoms with van der Waals surface area (Å²) in [6.07, 6.45) is 0.143. The second kappa shape index (κ2) is 6.59. The maximum Gasteiger partial charge on any atom is 0.394 e. The zero-order valence-corrected chi connectivity index (χ0v) is 10.5. The van der Waals surface area contributed by atoms with Gasteiger partial charge in [0.2, 0.25) is 0 Å². The number of nitrogens with zero attached hydrogens (tertiary/aromatic N) is 1. The first-order chi connectivity index (χ1) is 7.97. The standard InChI is InChI=1S/C12H23F3N2/c1-2-10-4-3-6-17(7-5-10)9-11(8-16)12(13,14)15/h10-11H,2-9,16H2,1H3. The Balaban J connectivity index is 2.45. The summed E-state index contributed by atoms with van der Waals surface area (Å²) >= 11 is 0. The van der Waals surface area contributed by atoms with E-state index in [0.717, 1.165) is 38.8 Å². The average molecular weight is 252 g/mol. The van der Waals surface area contributed by atoms with Gasteiger partial charge in [0.25, 0.3) is 0 Å². The molecule has 1 aliphatic rings. The van der Waals surface area contributed by atoms with Gasteiger partial charge in [-0.05, 0) is 38.3 Å². The van der Waals surface area contributed by atoms with E-state index >= 15 is 0 Å². The molecule has 17 heavy (non-hydrogen) atoms. The molecule has 0 aliphatic carbocycles. The van der Waals surface area contributed by atoms with Crippen molar-refractivity contribution in [2.45, 2.75) is 38.8 Å². The van der Waals surface area contributed by atoms with Crippen LogP contribution in [-0.2, 0) is 0 Å². The van der Waals surface area contributed by atoms with E-state index < -0.39 is 12.1 Å². The molecule has 1 fully saturated rings. The van der Waals surface area contributed by atoms with Gasteiger partial charge >= 0.3 is 6.18 Å². The predicted molar refractivity (Wildman–Crippen MR) is 62.7 cm³/mol. The summed E-state index contributed by atoms with van der Waals surface area (Å²) in [6, 6.07) is 0.